The number of amides is 1. The van der Waals surface area contributed by atoms with Crippen molar-refractivity contribution in [1.29, 1.82) is 0 Å². The van der Waals surface area contributed by atoms with Gasteiger partial charge in [0.2, 0.25) is 0 Å². The Morgan fingerprint density at radius 1 is 1.18 bits per heavy atom. The average Bonchev–Trinajstić information content (AvgIpc) is 2.96. The fourth-order valence-corrected chi connectivity index (χ4v) is 3.79. The highest BCUT2D eigenvalue weighted by molar-refractivity contribution is 8.18. The average molecular weight is 417 g/mol. The summed E-state index contributed by atoms with van der Waals surface area (Å²) < 4.78 is 11.7. The Morgan fingerprint density at radius 3 is 2.64 bits per heavy atom. The molecule has 1 amide bonds. The van der Waals surface area contributed by atoms with Crippen LogP contribution in [0.1, 0.15) is 18.1 Å². The topological polar surface area (TPSA) is 51.1 Å². The number of ether oxygens (including phenoxy) is 2. The number of amidine groups is 1. The van der Waals surface area contributed by atoms with Crippen LogP contribution in [0.25, 0.3) is 6.08 Å². The number of benzene rings is 2. The Hall–Kier alpha value is -2.44. The number of hydrogen-bond acceptors (Lipinski definition) is 5. The van der Waals surface area contributed by atoms with Crippen LogP contribution in [-0.2, 0) is 11.4 Å². The second-order valence-electron chi connectivity index (χ2n) is 6.00. The summed E-state index contributed by atoms with van der Waals surface area (Å²) in [4.78, 5) is 18.6. The fourth-order valence-electron chi connectivity index (χ4n) is 2.67. The van der Waals surface area contributed by atoms with E-state index in [0.717, 1.165) is 11.1 Å². The molecular formula is C21H21ClN2O3S. The number of aliphatic imine (C=N–C) groups is 1. The minimum atomic E-state index is -0.0670. The molecule has 2 aromatic carbocycles. The van der Waals surface area contributed by atoms with Gasteiger partial charge in [-0.2, -0.15) is 0 Å². The lowest BCUT2D eigenvalue weighted by molar-refractivity contribution is -0.121. The van der Waals surface area contributed by atoms with E-state index in [4.69, 9.17) is 21.1 Å². The number of hydrogen-bond donors (Lipinski definition) is 0. The Labute approximate surface area is 174 Å². The Bertz CT molecular complexity index is 943. The molecule has 3 rings (SSSR count). The number of halogens is 1. The largest absolute Gasteiger partial charge is 0.490 e. The van der Waals surface area contributed by atoms with Gasteiger partial charge in [0.1, 0.15) is 6.61 Å². The second kappa shape index (κ2) is 9.17. The molecule has 1 saturated heterocycles. The first-order valence-corrected chi connectivity index (χ1v) is 10.0. The maximum absolute atomic E-state index is 12.3. The summed E-state index contributed by atoms with van der Waals surface area (Å²) in [7, 11) is 3.39. The molecule has 7 heteroatoms. The van der Waals surface area contributed by atoms with Crippen LogP contribution in [0.4, 0.5) is 0 Å². The Balaban J connectivity index is 1.82. The number of likely N-dealkylation sites (N-methyl/N-ethyl adjacent to an activating group) is 1. The smallest absolute Gasteiger partial charge is 0.266 e. The zero-order valence-corrected chi connectivity index (χ0v) is 17.5. The van der Waals surface area contributed by atoms with E-state index in [1.165, 1.54) is 11.8 Å². The van der Waals surface area contributed by atoms with Crippen LogP contribution in [0.3, 0.4) is 0 Å². The summed E-state index contributed by atoms with van der Waals surface area (Å²) >= 11 is 7.55. The first kappa shape index (κ1) is 20.3. The lowest BCUT2D eigenvalue weighted by Crippen LogP contribution is -2.23. The minimum absolute atomic E-state index is 0.0670. The molecule has 1 aliphatic heterocycles. The van der Waals surface area contributed by atoms with Gasteiger partial charge >= 0.3 is 0 Å². The Kier molecular flexibility index (Phi) is 6.65. The van der Waals surface area contributed by atoms with Gasteiger partial charge in [-0.15, -0.1) is 0 Å². The van der Waals surface area contributed by atoms with E-state index in [1.807, 2.05) is 55.5 Å². The van der Waals surface area contributed by atoms with Crippen molar-refractivity contribution in [3.05, 3.63) is 63.5 Å². The van der Waals surface area contributed by atoms with Gasteiger partial charge in [0, 0.05) is 24.7 Å². The van der Waals surface area contributed by atoms with Crippen molar-refractivity contribution >= 4 is 40.5 Å². The van der Waals surface area contributed by atoms with Crippen LogP contribution in [0.5, 0.6) is 11.5 Å². The van der Waals surface area contributed by atoms with Crippen molar-refractivity contribution in [2.24, 2.45) is 4.99 Å². The van der Waals surface area contributed by atoms with E-state index in [2.05, 4.69) is 4.99 Å². The van der Waals surface area contributed by atoms with Crippen LogP contribution in [0.15, 0.2) is 52.4 Å². The molecule has 0 bridgehead atoms. The van der Waals surface area contributed by atoms with Crippen molar-refractivity contribution < 1.29 is 14.3 Å². The lowest BCUT2D eigenvalue weighted by atomic mass is 10.1. The highest BCUT2D eigenvalue weighted by atomic mass is 35.5. The van der Waals surface area contributed by atoms with E-state index < -0.39 is 0 Å². The maximum atomic E-state index is 12.3. The van der Waals surface area contributed by atoms with Crippen molar-refractivity contribution in [2.75, 3.05) is 20.7 Å². The monoisotopic (exact) mass is 416 g/mol. The molecule has 0 aliphatic carbocycles. The van der Waals surface area contributed by atoms with Gasteiger partial charge in [0.05, 0.1) is 11.5 Å². The van der Waals surface area contributed by atoms with Gasteiger partial charge in [0.25, 0.3) is 5.91 Å². The van der Waals surface area contributed by atoms with E-state index in [1.54, 1.807) is 19.0 Å². The number of rotatable bonds is 6. The van der Waals surface area contributed by atoms with Gasteiger partial charge in [-0.3, -0.25) is 14.7 Å². The third-order valence-electron chi connectivity index (χ3n) is 4.10. The number of carbonyl (C=O) groups is 1. The van der Waals surface area contributed by atoms with E-state index in [9.17, 15) is 4.79 Å². The molecule has 1 fully saturated rings. The summed E-state index contributed by atoms with van der Waals surface area (Å²) in [5.74, 6) is 1.18. The van der Waals surface area contributed by atoms with E-state index >= 15 is 0 Å². The molecule has 28 heavy (non-hydrogen) atoms. The summed E-state index contributed by atoms with van der Waals surface area (Å²) in [5.41, 5.74) is 1.76. The first-order valence-electron chi connectivity index (χ1n) is 8.81. The first-order chi connectivity index (χ1) is 13.5. The predicted octanol–water partition coefficient (Wildman–Crippen LogP) is 4.85. The number of thioether (sulfide) groups is 1. The van der Waals surface area contributed by atoms with E-state index in [0.29, 0.717) is 39.8 Å². The molecular weight excluding hydrogens is 396 g/mol. The van der Waals surface area contributed by atoms with Gasteiger partial charge < -0.3 is 9.47 Å². The van der Waals surface area contributed by atoms with Gasteiger partial charge in [-0.1, -0.05) is 35.9 Å². The molecule has 0 radical (unpaired) electrons. The van der Waals surface area contributed by atoms with E-state index in [-0.39, 0.29) is 5.91 Å². The molecule has 0 atom stereocenters. The van der Waals surface area contributed by atoms with Gasteiger partial charge in [-0.25, -0.2) is 0 Å². The van der Waals surface area contributed by atoms with Crippen molar-refractivity contribution in [2.45, 2.75) is 13.5 Å². The van der Waals surface area contributed by atoms with Crippen molar-refractivity contribution in [3.63, 3.8) is 0 Å². The predicted molar refractivity (Wildman–Crippen MR) is 115 cm³/mol. The van der Waals surface area contributed by atoms with Gasteiger partial charge in [0.15, 0.2) is 16.7 Å². The molecule has 1 aliphatic rings. The number of carbonyl (C=O) groups excluding carboxylic acids is 1. The molecule has 0 N–H and O–H groups in total. The van der Waals surface area contributed by atoms with Crippen LogP contribution in [0.2, 0.25) is 5.02 Å². The summed E-state index contributed by atoms with van der Waals surface area (Å²) in [6.07, 6.45) is 1.84. The van der Waals surface area contributed by atoms with Crippen LogP contribution >= 0.6 is 23.4 Å². The summed E-state index contributed by atoms with van der Waals surface area (Å²) in [6, 6.07) is 13.2. The molecule has 5 nitrogen and oxygen atoms in total. The molecule has 146 valence electrons. The molecule has 0 unspecified atom stereocenters. The van der Waals surface area contributed by atoms with Crippen LogP contribution < -0.4 is 9.47 Å². The summed E-state index contributed by atoms with van der Waals surface area (Å²) in [5, 5.41) is 1.34. The normalized spacial score (nSPS) is 16.9. The molecule has 2 aromatic rings. The SMILES string of the molecule is CCOc1cc(/C=C2/SC(=NC)N(C)C2=O)ccc1OCc1ccccc1Cl. The highest BCUT2D eigenvalue weighted by Crippen LogP contribution is 2.34. The van der Waals surface area contributed by atoms with Crippen molar-refractivity contribution in [3.8, 4) is 11.5 Å². The lowest BCUT2D eigenvalue weighted by Gasteiger charge is -2.13. The molecule has 1 heterocycles. The zero-order chi connectivity index (χ0) is 20.1. The fraction of sp³-hybridized carbons (Fsp3) is 0.238. The summed E-state index contributed by atoms with van der Waals surface area (Å²) in [6.45, 7) is 2.76. The highest BCUT2D eigenvalue weighted by Gasteiger charge is 2.29. The third kappa shape index (κ3) is 4.51. The number of nitrogens with zero attached hydrogens (tertiary/aromatic N) is 2. The minimum Gasteiger partial charge on any atom is -0.490 e. The van der Waals surface area contributed by atoms with Crippen LogP contribution in [0, 0.1) is 0 Å². The quantitative estimate of drug-likeness (QED) is 0.631. The maximum Gasteiger partial charge on any atom is 0.266 e. The van der Waals surface area contributed by atoms with Gasteiger partial charge in [-0.05, 0) is 48.5 Å². The van der Waals surface area contributed by atoms with Crippen LogP contribution in [-0.4, -0.2) is 36.7 Å². The molecule has 0 saturated carbocycles. The van der Waals surface area contributed by atoms with Crippen molar-refractivity contribution in [1.82, 2.24) is 4.90 Å². The molecule has 0 aromatic heterocycles. The third-order valence-corrected chi connectivity index (χ3v) is 5.62. The second-order valence-corrected chi connectivity index (χ2v) is 7.42. The Morgan fingerprint density at radius 2 is 1.96 bits per heavy atom. The zero-order valence-electron chi connectivity index (χ0n) is 15.9. The molecule has 0 spiro atoms. The standard InChI is InChI=1S/C21H21ClN2O3S/c1-4-26-18-11-14(12-19-20(25)24(3)21(23-2)28-19)9-10-17(18)27-13-15-7-5-6-8-16(15)22/h5-12H,4,13H2,1-3H3/b19-12+,23-21?.